The maximum absolute atomic E-state index is 13.4. The molecule has 0 radical (unpaired) electrons. The number of benzene rings is 2. The lowest BCUT2D eigenvalue weighted by Crippen LogP contribution is -2.21. The average Bonchev–Trinajstić information content (AvgIpc) is 2.87. The lowest BCUT2D eigenvalue weighted by atomic mass is 9.86. The molecule has 0 unspecified atom stereocenters. The van der Waals surface area contributed by atoms with Gasteiger partial charge < -0.3 is 14.2 Å². The van der Waals surface area contributed by atoms with Crippen molar-refractivity contribution in [3.63, 3.8) is 0 Å². The molecule has 0 amide bonds. The van der Waals surface area contributed by atoms with E-state index in [2.05, 4.69) is 0 Å². The summed E-state index contributed by atoms with van der Waals surface area (Å²) in [5, 5.41) is 0. The fraction of sp³-hybridized carbons (Fsp3) is 0.367. The summed E-state index contributed by atoms with van der Waals surface area (Å²) in [5.74, 6) is -0.679. The van der Waals surface area contributed by atoms with Crippen LogP contribution in [0.2, 0.25) is 0 Å². The molecule has 0 N–H and O–H groups in total. The fourth-order valence-electron chi connectivity index (χ4n) is 4.08. The van der Waals surface area contributed by atoms with Gasteiger partial charge in [-0.3, -0.25) is 4.98 Å². The number of hydrogen-bond acceptors (Lipinski definition) is 6. The predicted octanol–water partition coefficient (Wildman–Crippen LogP) is 6.93. The monoisotopic (exact) mass is 489 g/mol. The van der Waals surface area contributed by atoms with E-state index < -0.39 is 11.9 Å². The number of aromatic nitrogens is 1. The Morgan fingerprint density at radius 1 is 0.750 bits per heavy atom. The van der Waals surface area contributed by atoms with E-state index in [0.29, 0.717) is 34.9 Å². The van der Waals surface area contributed by atoms with Crippen molar-refractivity contribution in [3.8, 4) is 16.9 Å². The molecule has 0 saturated carbocycles. The van der Waals surface area contributed by atoms with Crippen molar-refractivity contribution in [2.75, 3.05) is 13.2 Å². The predicted molar refractivity (Wildman–Crippen MR) is 141 cm³/mol. The molecule has 0 atom stereocenters. The van der Waals surface area contributed by atoms with Gasteiger partial charge in [-0.1, -0.05) is 76.2 Å². The van der Waals surface area contributed by atoms with E-state index in [1.165, 1.54) is 0 Å². The van der Waals surface area contributed by atoms with Crippen molar-refractivity contribution >= 4 is 11.9 Å². The van der Waals surface area contributed by atoms with Crippen molar-refractivity contribution in [1.82, 2.24) is 4.98 Å². The van der Waals surface area contributed by atoms with Crippen LogP contribution in [0.1, 0.15) is 91.0 Å². The molecule has 3 rings (SSSR count). The van der Waals surface area contributed by atoms with Crippen molar-refractivity contribution in [3.05, 3.63) is 82.7 Å². The highest BCUT2D eigenvalue weighted by Gasteiger charge is 2.33. The molecule has 0 aliphatic carbocycles. The summed E-state index contributed by atoms with van der Waals surface area (Å²) in [6.45, 7) is 12.1. The van der Waals surface area contributed by atoms with Crippen molar-refractivity contribution in [2.45, 2.75) is 60.0 Å². The summed E-state index contributed by atoms with van der Waals surface area (Å²) in [6.07, 6.45) is 0. The molecular weight excluding hydrogens is 454 g/mol. The first-order valence-corrected chi connectivity index (χ1v) is 12.5. The molecule has 36 heavy (non-hydrogen) atoms. The van der Waals surface area contributed by atoms with Gasteiger partial charge in [0.1, 0.15) is 12.4 Å². The molecule has 0 aliphatic rings. The number of para-hydroxylation sites is 1. The van der Waals surface area contributed by atoms with Crippen molar-refractivity contribution in [2.24, 2.45) is 0 Å². The Labute approximate surface area is 213 Å². The van der Waals surface area contributed by atoms with E-state index in [0.717, 1.165) is 5.56 Å². The van der Waals surface area contributed by atoms with E-state index in [-0.39, 0.29) is 36.2 Å². The molecule has 6 heteroatoms. The van der Waals surface area contributed by atoms with Gasteiger partial charge in [0.15, 0.2) is 0 Å². The molecule has 0 saturated heterocycles. The van der Waals surface area contributed by atoms with Gasteiger partial charge in [0, 0.05) is 11.1 Å². The van der Waals surface area contributed by atoms with Gasteiger partial charge >= 0.3 is 11.9 Å². The standard InChI is InChI=1S/C30H35NO5/c1-7-34-29(32)25-24(22-16-12-13-17-23(22)36-18-21-14-10-9-11-15-21)26(30(33)35-8-2)28(20(5)6)31-27(25)19(3)4/h9-17,19-20H,7-8,18H2,1-6H3. The minimum absolute atomic E-state index is 0.0886. The maximum Gasteiger partial charge on any atom is 0.340 e. The Morgan fingerprint density at radius 3 is 1.75 bits per heavy atom. The lowest BCUT2D eigenvalue weighted by Gasteiger charge is -2.24. The van der Waals surface area contributed by atoms with Crippen LogP contribution in [0.25, 0.3) is 11.1 Å². The molecule has 0 spiro atoms. The molecule has 0 fully saturated rings. The number of esters is 2. The largest absolute Gasteiger partial charge is 0.488 e. The smallest absolute Gasteiger partial charge is 0.340 e. The Balaban J connectivity index is 2.36. The van der Waals surface area contributed by atoms with E-state index in [4.69, 9.17) is 19.2 Å². The first-order valence-electron chi connectivity index (χ1n) is 12.5. The third kappa shape index (κ3) is 5.93. The van der Waals surface area contributed by atoms with Gasteiger partial charge in [-0.2, -0.15) is 0 Å². The molecule has 1 heterocycles. The summed E-state index contributed by atoms with van der Waals surface area (Å²) in [5.41, 5.74) is 3.77. The number of carbonyl (C=O) groups is 2. The molecule has 2 aromatic carbocycles. The Hall–Kier alpha value is -3.67. The average molecular weight is 490 g/mol. The van der Waals surface area contributed by atoms with E-state index in [9.17, 15) is 9.59 Å². The zero-order valence-corrected chi connectivity index (χ0v) is 22.0. The SMILES string of the molecule is CCOC(=O)c1c(C(C)C)nc(C(C)C)c(C(=O)OCC)c1-c1ccccc1OCc1ccccc1. The minimum Gasteiger partial charge on any atom is -0.488 e. The van der Waals surface area contributed by atoms with Crippen LogP contribution in [0.15, 0.2) is 54.6 Å². The first-order chi connectivity index (χ1) is 17.3. The fourth-order valence-corrected chi connectivity index (χ4v) is 4.08. The van der Waals surface area contributed by atoms with E-state index in [1.54, 1.807) is 13.8 Å². The second-order valence-corrected chi connectivity index (χ2v) is 9.03. The minimum atomic E-state index is -0.526. The van der Waals surface area contributed by atoms with Crippen LogP contribution in [-0.4, -0.2) is 30.1 Å². The van der Waals surface area contributed by atoms with Crippen LogP contribution in [0.3, 0.4) is 0 Å². The molecular formula is C30H35NO5. The second kappa shape index (κ2) is 12.3. The highest BCUT2D eigenvalue weighted by molar-refractivity contribution is 6.08. The third-order valence-electron chi connectivity index (χ3n) is 5.70. The number of rotatable bonds is 10. The topological polar surface area (TPSA) is 74.7 Å². The van der Waals surface area contributed by atoms with Gasteiger partial charge in [-0.05, 0) is 37.3 Å². The summed E-state index contributed by atoms with van der Waals surface area (Å²) in [6, 6.07) is 17.2. The Kier molecular flexibility index (Phi) is 9.23. The van der Waals surface area contributed by atoms with Crippen LogP contribution < -0.4 is 4.74 Å². The quantitative estimate of drug-likeness (QED) is 0.288. The Bertz CT molecular complexity index is 1150. The third-order valence-corrected chi connectivity index (χ3v) is 5.70. The lowest BCUT2D eigenvalue weighted by molar-refractivity contribution is 0.0523. The molecule has 0 bridgehead atoms. The van der Waals surface area contributed by atoms with Gasteiger partial charge in [-0.15, -0.1) is 0 Å². The molecule has 0 aliphatic heterocycles. The Morgan fingerprint density at radius 2 is 1.25 bits per heavy atom. The summed E-state index contributed by atoms with van der Waals surface area (Å²) >= 11 is 0. The van der Waals surface area contributed by atoms with Crippen LogP contribution in [0.5, 0.6) is 5.75 Å². The molecule has 1 aromatic heterocycles. The molecule has 3 aromatic rings. The van der Waals surface area contributed by atoms with Gasteiger partial charge in [-0.25, -0.2) is 9.59 Å². The second-order valence-electron chi connectivity index (χ2n) is 9.03. The first kappa shape index (κ1) is 26.9. The molecule has 190 valence electrons. The van der Waals surface area contributed by atoms with Gasteiger partial charge in [0.05, 0.1) is 35.7 Å². The van der Waals surface area contributed by atoms with Gasteiger partial charge in [0.25, 0.3) is 0 Å². The maximum atomic E-state index is 13.4. The number of carbonyl (C=O) groups excluding carboxylic acids is 2. The van der Waals surface area contributed by atoms with E-state index in [1.807, 2.05) is 82.3 Å². The van der Waals surface area contributed by atoms with Gasteiger partial charge in [0.2, 0.25) is 0 Å². The highest BCUT2D eigenvalue weighted by atomic mass is 16.5. The van der Waals surface area contributed by atoms with Crippen LogP contribution >= 0.6 is 0 Å². The number of hydrogen-bond donors (Lipinski definition) is 0. The number of pyridine rings is 1. The summed E-state index contributed by atoms with van der Waals surface area (Å²) in [4.78, 5) is 31.7. The zero-order chi connectivity index (χ0) is 26.2. The van der Waals surface area contributed by atoms with E-state index >= 15 is 0 Å². The van der Waals surface area contributed by atoms with Crippen molar-refractivity contribution in [1.29, 1.82) is 0 Å². The van der Waals surface area contributed by atoms with Crippen LogP contribution in [0.4, 0.5) is 0 Å². The van der Waals surface area contributed by atoms with Crippen LogP contribution in [-0.2, 0) is 16.1 Å². The molecule has 6 nitrogen and oxygen atoms in total. The van der Waals surface area contributed by atoms with Crippen LogP contribution in [0, 0.1) is 0 Å². The van der Waals surface area contributed by atoms with Crippen molar-refractivity contribution < 1.29 is 23.8 Å². The number of ether oxygens (including phenoxy) is 3. The number of nitrogens with zero attached hydrogens (tertiary/aromatic N) is 1. The normalized spacial score (nSPS) is 11.0. The summed E-state index contributed by atoms with van der Waals surface area (Å²) < 4.78 is 17.2. The highest BCUT2D eigenvalue weighted by Crippen LogP contribution is 2.41. The zero-order valence-electron chi connectivity index (χ0n) is 22.0. The summed E-state index contributed by atoms with van der Waals surface area (Å²) in [7, 11) is 0.